The number of aromatic nitrogens is 2. The predicted octanol–water partition coefficient (Wildman–Crippen LogP) is 0.350. The fourth-order valence-electron chi connectivity index (χ4n) is 1.48. The average Bonchev–Trinajstić information content (AvgIpc) is 2.70. The van der Waals surface area contributed by atoms with Gasteiger partial charge < -0.3 is 15.4 Å². The average molecular weight is 240 g/mol. The normalized spacial score (nSPS) is 10.5. The maximum Gasteiger partial charge on any atom is 0.244 e. The van der Waals surface area contributed by atoms with E-state index in [-0.39, 0.29) is 12.5 Å². The summed E-state index contributed by atoms with van der Waals surface area (Å²) < 4.78 is 6.78. The second kappa shape index (κ2) is 6.90. The van der Waals surface area contributed by atoms with Gasteiger partial charge in [0.2, 0.25) is 5.91 Å². The molecule has 0 bridgehead atoms. The highest BCUT2D eigenvalue weighted by Gasteiger charge is 2.12. The number of carbonyl (C=O) groups is 1. The molecule has 0 radical (unpaired) electrons. The summed E-state index contributed by atoms with van der Waals surface area (Å²) in [5.74, 6) is 0.450. The molecule has 0 spiro atoms. The van der Waals surface area contributed by atoms with Crippen LogP contribution >= 0.6 is 0 Å². The van der Waals surface area contributed by atoms with Gasteiger partial charge in [-0.2, -0.15) is 5.10 Å². The van der Waals surface area contributed by atoms with Crippen LogP contribution in [0.1, 0.15) is 13.8 Å². The smallest absolute Gasteiger partial charge is 0.244 e. The topological polar surface area (TPSA) is 73.4 Å². The number of ether oxygens (including phenoxy) is 1. The largest absolute Gasteiger partial charge is 0.382 e. The van der Waals surface area contributed by atoms with Gasteiger partial charge in [0.15, 0.2) is 0 Å². The first-order chi connectivity index (χ1) is 8.17. The summed E-state index contributed by atoms with van der Waals surface area (Å²) >= 11 is 0. The van der Waals surface area contributed by atoms with Crippen LogP contribution < -0.4 is 5.73 Å². The molecule has 0 saturated carbocycles. The van der Waals surface area contributed by atoms with E-state index in [1.807, 2.05) is 13.8 Å². The molecule has 1 rings (SSSR count). The summed E-state index contributed by atoms with van der Waals surface area (Å²) in [7, 11) is 0. The number of nitrogen functional groups attached to an aromatic ring is 1. The Balaban J connectivity index is 2.43. The molecular weight excluding hydrogens is 220 g/mol. The number of rotatable bonds is 7. The number of hydrogen-bond donors (Lipinski definition) is 1. The van der Waals surface area contributed by atoms with Crippen molar-refractivity contribution < 1.29 is 9.53 Å². The van der Waals surface area contributed by atoms with Crippen LogP contribution in [0.25, 0.3) is 0 Å². The fraction of sp³-hybridized carbons (Fsp3) is 0.636. The first kappa shape index (κ1) is 13.5. The Labute approximate surface area is 101 Å². The van der Waals surface area contributed by atoms with Gasteiger partial charge in [0, 0.05) is 25.9 Å². The van der Waals surface area contributed by atoms with Gasteiger partial charge in [0.05, 0.1) is 6.61 Å². The molecule has 96 valence electrons. The molecular formula is C11H20N4O2. The molecule has 0 aromatic carbocycles. The zero-order valence-corrected chi connectivity index (χ0v) is 10.4. The second-order valence-corrected chi connectivity index (χ2v) is 3.61. The van der Waals surface area contributed by atoms with Crippen LogP contribution in [0.5, 0.6) is 0 Å². The molecule has 1 aromatic heterocycles. The van der Waals surface area contributed by atoms with Crippen molar-refractivity contribution in [3.63, 3.8) is 0 Å². The Morgan fingerprint density at radius 3 is 2.88 bits per heavy atom. The lowest BCUT2D eigenvalue weighted by molar-refractivity contribution is -0.132. The van der Waals surface area contributed by atoms with E-state index in [1.54, 1.807) is 21.8 Å². The number of nitrogens with two attached hydrogens (primary N) is 1. The summed E-state index contributed by atoms with van der Waals surface area (Å²) in [5, 5.41) is 3.98. The van der Waals surface area contributed by atoms with Crippen LogP contribution in [0.4, 0.5) is 5.82 Å². The Morgan fingerprint density at radius 2 is 2.35 bits per heavy atom. The third-order valence-electron chi connectivity index (χ3n) is 2.40. The van der Waals surface area contributed by atoms with Crippen molar-refractivity contribution in [1.29, 1.82) is 0 Å². The second-order valence-electron chi connectivity index (χ2n) is 3.61. The minimum atomic E-state index is 0.0234. The van der Waals surface area contributed by atoms with Crippen LogP contribution in [0.2, 0.25) is 0 Å². The fourth-order valence-corrected chi connectivity index (χ4v) is 1.48. The molecule has 0 saturated heterocycles. The summed E-state index contributed by atoms with van der Waals surface area (Å²) in [6, 6.07) is 1.67. The van der Waals surface area contributed by atoms with Gasteiger partial charge in [-0.15, -0.1) is 0 Å². The van der Waals surface area contributed by atoms with E-state index in [9.17, 15) is 4.79 Å². The highest BCUT2D eigenvalue weighted by Crippen LogP contribution is 1.98. The quantitative estimate of drug-likeness (QED) is 0.698. The van der Waals surface area contributed by atoms with Crippen molar-refractivity contribution in [2.24, 2.45) is 0 Å². The Kier molecular flexibility index (Phi) is 5.48. The van der Waals surface area contributed by atoms with E-state index in [1.165, 1.54) is 0 Å². The number of carbonyl (C=O) groups excluding carboxylic acids is 1. The van der Waals surface area contributed by atoms with E-state index in [0.29, 0.717) is 32.1 Å². The minimum Gasteiger partial charge on any atom is -0.382 e. The van der Waals surface area contributed by atoms with E-state index >= 15 is 0 Å². The molecule has 0 aliphatic carbocycles. The molecule has 0 aliphatic heterocycles. The molecule has 0 aliphatic rings. The number of anilines is 1. The molecule has 17 heavy (non-hydrogen) atoms. The Morgan fingerprint density at radius 1 is 1.59 bits per heavy atom. The van der Waals surface area contributed by atoms with E-state index in [2.05, 4.69) is 5.10 Å². The first-order valence-corrected chi connectivity index (χ1v) is 5.81. The lowest BCUT2D eigenvalue weighted by Crippen LogP contribution is -2.36. The molecule has 0 unspecified atom stereocenters. The molecule has 0 atom stereocenters. The van der Waals surface area contributed by atoms with Crippen LogP contribution in [0.15, 0.2) is 12.3 Å². The zero-order valence-electron chi connectivity index (χ0n) is 10.4. The van der Waals surface area contributed by atoms with Gasteiger partial charge in [-0.3, -0.25) is 9.48 Å². The van der Waals surface area contributed by atoms with Crippen LogP contribution in [0, 0.1) is 0 Å². The number of likely N-dealkylation sites (N-methyl/N-ethyl adjacent to an activating group) is 1. The van der Waals surface area contributed by atoms with Gasteiger partial charge in [-0.25, -0.2) is 0 Å². The summed E-state index contributed by atoms with van der Waals surface area (Å²) in [5.41, 5.74) is 5.48. The highest BCUT2D eigenvalue weighted by molar-refractivity contribution is 5.75. The molecule has 1 heterocycles. The van der Waals surface area contributed by atoms with Crippen LogP contribution in [-0.4, -0.2) is 46.9 Å². The van der Waals surface area contributed by atoms with Crippen molar-refractivity contribution in [3.8, 4) is 0 Å². The van der Waals surface area contributed by atoms with E-state index < -0.39 is 0 Å². The molecule has 0 fully saturated rings. The number of nitrogens with zero attached hydrogens (tertiary/aromatic N) is 3. The zero-order chi connectivity index (χ0) is 12.7. The SMILES string of the molecule is CCOCCN(CC)C(=O)Cn1ccc(N)n1. The summed E-state index contributed by atoms with van der Waals surface area (Å²) in [4.78, 5) is 13.7. The lowest BCUT2D eigenvalue weighted by atomic mass is 10.4. The molecule has 6 nitrogen and oxygen atoms in total. The van der Waals surface area contributed by atoms with E-state index in [4.69, 9.17) is 10.5 Å². The molecule has 2 N–H and O–H groups in total. The van der Waals surface area contributed by atoms with Crippen molar-refractivity contribution in [3.05, 3.63) is 12.3 Å². The molecule has 6 heteroatoms. The molecule has 1 amide bonds. The van der Waals surface area contributed by atoms with Crippen molar-refractivity contribution in [2.45, 2.75) is 20.4 Å². The number of amides is 1. The van der Waals surface area contributed by atoms with E-state index in [0.717, 1.165) is 0 Å². The van der Waals surface area contributed by atoms with Gasteiger partial charge in [0.1, 0.15) is 12.4 Å². The third-order valence-corrected chi connectivity index (χ3v) is 2.40. The number of hydrogen-bond acceptors (Lipinski definition) is 4. The lowest BCUT2D eigenvalue weighted by Gasteiger charge is -2.20. The van der Waals surface area contributed by atoms with Crippen LogP contribution in [0.3, 0.4) is 0 Å². The predicted molar refractivity (Wildman–Crippen MR) is 65.4 cm³/mol. The van der Waals surface area contributed by atoms with Crippen molar-refractivity contribution in [1.82, 2.24) is 14.7 Å². The molecule has 1 aromatic rings. The van der Waals surface area contributed by atoms with Crippen LogP contribution in [-0.2, 0) is 16.1 Å². The standard InChI is InChI=1S/C11H20N4O2/c1-3-14(7-8-17-4-2)11(16)9-15-6-5-10(12)13-15/h5-6H,3-4,7-9H2,1-2H3,(H2,12,13). The maximum atomic E-state index is 11.9. The van der Waals surface area contributed by atoms with Gasteiger partial charge >= 0.3 is 0 Å². The first-order valence-electron chi connectivity index (χ1n) is 5.81. The third kappa shape index (κ3) is 4.44. The highest BCUT2D eigenvalue weighted by atomic mass is 16.5. The Bertz CT molecular complexity index is 351. The van der Waals surface area contributed by atoms with Gasteiger partial charge in [-0.1, -0.05) is 0 Å². The van der Waals surface area contributed by atoms with Gasteiger partial charge in [0.25, 0.3) is 0 Å². The summed E-state index contributed by atoms with van der Waals surface area (Å²) in [6.45, 7) is 6.62. The maximum absolute atomic E-state index is 11.9. The van der Waals surface area contributed by atoms with Crippen molar-refractivity contribution in [2.75, 3.05) is 32.0 Å². The minimum absolute atomic E-state index is 0.0234. The van der Waals surface area contributed by atoms with Crippen molar-refractivity contribution >= 4 is 11.7 Å². The Hall–Kier alpha value is -1.56. The van der Waals surface area contributed by atoms with Gasteiger partial charge in [-0.05, 0) is 19.9 Å². The summed E-state index contributed by atoms with van der Waals surface area (Å²) in [6.07, 6.45) is 1.70. The monoisotopic (exact) mass is 240 g/mol.